The molecule has 0 radical (unpaired) electrons. The molecule has 5 nitrogen and oxygen atoms in total. The van der Waals surface area contributed by atoms with E-state index in [9.17, 15) is 0 Å². The highest BCUT2D eigenvalue weighted by Crippen LogP contribution is 2.26. The average molecular weight is 316 g/mol. The smallest absolute Gasteiger partial charge is 0.235 e. The molecular weight excluding hydrogens is 298 g/mol. The van der Waals surface area contributed by atoms with Crippen LogP contribution in [-0.4, -0.2) is 39.9 Å². The number of anilines is 1. The van der Waals surface area contributed by atoms with Gasteiger partial charge >= 0.3 is 0 Å². The Bertz CT molecular complexity index is 768. The summed E-state index contributed by atoms with van der Waals surface area (Å²) in [6, 6.07) is 10.1. The van der Waals surface area contributed by atoms with Crippen LogP contribution in [0, 0.1) is 0 Å². The lowest BCUT2D eigenvalue weighted by Gasteiger charge is -2.26. The zero-order valence-electron chi connectivity index (χ0n) is 12.6. The van der Waals surface area contributed by atoms with Crippen LogP contribution < -0.4 is 5.32 Å². The maximum Gasteiger partial charge on any atom is 0.235 e. The Labute approximate surface area is 134 Å². The number of rotatable bonds is 5. The second-order valence-corrected chi connectivity index (χ2v) is 5.72. The number of likely N-dealkylation sites (N-methyl/N-ethyl adjacent to an activating group) is 1. The second-order valence-electron chi connectivity index (χ2n) is 5.31. The van der Waals surface area contributed by atoms with Gasteiger partial charge in [0.2, 0.25) is 5.78 Å². The maximum atomic E-state index is 6.34. The summed E-state index contributed by atoms with van der Waals surface area (Å²) < 4.78 is 1.93. The van der Waals surface area contributed by atoms with Gasteiger partial charge in [0.1, 0.15) is 5.82 Å². The lowest BCUT2D eigenvalue weighted by Crippen LogP contribution is -2.27. The fourth-order valence-corrected chi connectivity index (χ4v) is 2.76. The first kappa shape index (κ1) is 14.8. The number of nitrogens with zero attached hydrogens (tertiary/aromatic N) is 4. The highest BCUT2D eigenvalue weighted by atomic mass is 35.5. The van der Waals surface area contributed by atoms with Crippen LogP contribution in [0.25, 0.3) is 5.78 Å². The first-order valence-corrected chi connectivity index (χ1v) is 7.47. The molecule has 1 atom stereocenters. The highest BCUT2D eigenvalue weighted by Gasteiger charge is 2.17. The van der Waals surface area contributed by atoms with E-state index in [1.54, 1.807) is 12.4 Å². The van der Waals surface area contributed by atoms with E-state index < -0.39 is 0 Å². The van der Waals surface area contributed by atoms with E-state index in [-0.39, 0.29) is 6.04 Å². The molecule has 2 heterocycles. The van der Waals surface area contributed by atoms with Crippen LogP contribution in [0.15, 0.2) is 48.9 Å². The van der Waals surface area contributed by atoms with Crippen LogP contribution in [0.2, 0.25) is 5.02 Å². The van der Waals surface area contributed by atoms with Crippen LogP contribution in [0.4, 0.5) is 5.82 Å². The third kappa shape index (κ3) is 2.91. The summed E-state index contributed by atoms with van der Waals surface area (Å²) in [7, 11) is 4.10. The molecule has 1 N–H and O–H groups in total. The molecule has 0 amide bonds. The zero-order valence-corrected chi connectivity index (χ0v) is 13.3. The quantitative estimate of drug-likeness (QED) is 0.786. The number of benzene rings is 1. The third-order valence-electron chi connectivity index (χ3n) is 3.67. The largest absolute Gasteiger partial charge is 0.369 e. The summed E-state index contributed by atoms with van der Waals surface area (Å²) in [6.45, 7) is 0.730. The minimum Gasteiger partial charge on any atom is -0.369 e. The molecule has 2 aromatic heterocycles. The topological polar surface area (TPSA) is 45.5 Å². The number of hydrogen-bond donors (Lipinski definition) is 1. The highest BCUT2D eigenvalue weighted by molar-refractivity contribution is 6.31. The Morgan fingerprint density at radius 3 is 2.73 bits per heavy atom. The van der Waals surface area contributed by atoms with Gasteiger partial charge in [-0.05, 0) is 31.8 Å². The summed E-state index contributed by atoms with van der Waals surface area (Å²) in [6.07, 6.45) is 5.39. The van der Waals surface area contributed by atoms with Crippen molar-refractivity contribution in [2.45, 2.75) is 6.04 Å². The third-order valence-corrected chi connectivity index (χ3v) is 4.01. The van der Waals surface area contributed by atoms with E-state index in [1.807, 2.05) is 34.9 Å². The predicted molar refractivity (Wildman–Crippen MR) is 89.4 cm³/mol. The first-order valence-electron chi connectivity index (χ1n) is 7.09. The van der Waals surface area contributed by atoms with Crippen molar-refractivity contribution in [1.29, 1.82) is 0 Å². The molecule has 0 spiro atoms. The minimum absolute atomic E-state index is 0.167. The van der Waals surface area contributed by atoms with Crippen LogP contribution in [0.5, 0.6) is 0 Å². The summed E-state index contributed by atoms with van der Waals surface area (Å²) in [5, 5.41) is 4.25. The molecule has 22 heavy (non-hydrogen) atoms. The monoisotopic (exact) mass is 315 g/mol. The second kappa shape index (κ2) is 6.34. The van der Waals surface area contributed by atoms with Gasteiger partial charge in [-0.1, -0.05) is 29.8 Å². The van der Waals surface area contributed by atoms with Gasteiger partial charge in [-0.15, -0.1) is 0 Å². The van der Waals surface area contributed by atoms with E-state index in [0.717, 1.165) is 22.9 Å². The summed E-state index contributed by atoms with van der Waals surface area (Å²) in [5.41, 5.74) is 1.11. The molecule has 0 fully saturated rings. The number of aromatic nitrogens is 3. The van der Waals surface area contributed by atoms with Crippen molar-refractivity contribution >= 4 is 23.2 Å². The molecule has 1 aromatic carbocycles. The standard InChI is InChI=1S/C16H18ClN5/c1-21(2)14(12-5-3-4-6-13(12)17)11-20-15-7-8-18-16-19-9-10-22(15)16/h3-10,14,20H,11H2,1-2H3. The van der Waals surface area contributed by atoms with Crippen molar-refractivity contribution in [1.82, 2.24) is 19.3 Å². The number of nitrogens with one attached hydrogen (secondary N) is 1. The normalized spacial score (nSPS) is 12.7. The molecular formula is C16H18ClN5. The number of halogens is 1. The molecule has 1 unspecified atom stereocenters. The number of fused-ring (bicyclic) bond motifs is 1. The first-order chi connectivity index (χ1) is 10.7. The van der Waals surface area contributed by atoms with Gasteiger partial charge in [0.05, 0.1) is 6.04 Å². The minimum atomic E-state index is 0.167. The molecule has 3 rings (SSSR count). The van der Waals surface area contributed by atoms with Crippen LogP contribution in [0.3, 0.4) is 0 Å². The average Bonchev–Trinajstić information content (AvgIpc) is 2.98. The zero-order chi connectivity index (χ0) is 15.5. The molecule has 6 heteroatoms. The van der Waals surface area contributed by atoms with Crippen molar-refractivity contribution in [3.8, 4) is 0 Å². The lowest BCUT2D eigenvalue weighted by molar-refractivity contribution is 0.311. The Kier molecular flexibility index (Phi) is 4.27. The Morgan fingerprint density at radius 2 is 1.95 bits per heavy atom. The molecule has 0 saturated heterocycles. The number of imidazole rings is 1. The van der Waals surface area contributed by atoms with Crippen molar-refractivity contribution in [2.24, 2.45) is 0 Å². The molecule has 0 aliphatic rings. The van der Waals surface area contributed by atoms with Gasteiger partial charge in [0, 0.05) is 30.2 Å². The van der Waals surface area contributed by atoms with Crippen molar-refractivity contribution < 1.29 is 0 Å². The maximum absolute atomic E-state index is 6.34. The van der Waals surface area contributed by atoms with Gasteiger partial charge < -0.3 is 10.2 Å². The van der Waals surface area contributed by atoms with Gasteiger partial charge in [-0.2, -0.15) is 0 Å². The van der Waals surface area contributed by atoms with Gasteiger partial charge in [0.25, 0.3) is 0 Å². The summed E-state index contributed by atoms with van der Waals surface area (Å²) in [4.78, 5) is 10.6. The van der Waals surface area contributed by atoms with Crippen LogP contribution in [-0.2, 0) is 0 Å². The lowest BCUT2D eigenvalue weighted by atomic mass is 10.1. The van der Waals surface area contributed by atoms with Gasteiger partial charge in [0.15, 0.2) is 0 Å². The van der Waals surface area contributed by atoms with Gasteiger partial charge in [-0.25, -0.2) is 9.97 Å². The van der Waals surface area contributed by atoms with E-state index in [1.165, 1.54) is 0 Å². The fraction of sp³-hybridized carbons (Fsp3) is 0.250. The van der Waals surface area contributed by atoms with Gasteiger partial charge in [-0.3, -0.25) is 4.40 Å². The predicted octanol–water partition coefficient (Wildman–Crippen LogP) is 3.10. The van der Waals surface area contributed by atoms with Crippen LogP contribution in [0.1, 0.15) is 11.6 Å². The number of hydrogen-bond acceptors (Lipinski definition) is 4. The van der Waals surface area contributed by atoms with E-state index in [2.05, 4.69) is 40.3 Å². The van der Waals surface area contributed by atoms with E-state index >= 15 is 0 Å². The molecule has 0 saturated carbocycles. The molecule has 3 aromatic rings. The van der Waals surface area contributed by atoms with Crippen molar-refractivity contribution in [2.75, 3.05) is 26.0 Å². The van der Waals surface area contributed by atoms with Crippen LogP contribution >= 0.6 is 11.6 Å². The Hall–Kier alpha value is -2.11. The van der Waals surface area contributed by atoms with E-state index in [4.69, 9.17) is 11.6 Å². The molecule has 0 aliphatic carbocycles. The summed E-state index contributed by atoms with van der Waals surface area (Å²) >= 11 is 6.34. The molecule has 0 bridgehead atoms. The fourth-order valence-electron chi connectivity index (χ4n) is 2.50. The SMILES string of the molecule is CN(C)C(CNc1ccnc2nccn12)c1ccccc1Cl. The molecule has 0 aliphatic heterocycles. The Morgan fingerprint density at radius 1 is 1.18 bits per heavy atom. The summed E-state index contributed by atoms with van der Waals surface area (Å²) in [5.74, 6) is 1.64. The van der Waals surface area contributed by atoms with E-state index in [0.29, 0.717) is 5.78 Å². The van der Waals surface area contributed by atoms with Crippen molar-refractivity contribution in [3.63, 3.8) is 0 Å². The Balaban J connectivity index is 1.84. The van der Waals surface area contributed by atoms with Crippen molar-refractivity contribution in [3.05, 3.63) is 59.5 Å². The molecule has 114 valence electrons.